The van der Waals surface area contributed by atoms with Gasteiger partial charge in [-0.2, -0.15) is 0 Å². The molecule has 0 fully saturated rings. The van der Waals surface area contributed by atoms with Crippen molar-refractivity contribution in [3.63, 3.8) is 0 Å². The highest BCUT2D eigenvalue weighted by Gasteiger charge is 2.30. The summed E-state index contributed by atoms with van der Waals surface area (Å²) in [5.74, 6) is -0.297. The van der Waals surface area contributed by atoms with E-state index in [9.17, 15) is 9.90 Å². The van der Waals surface area contributed by atoms with Crippen LogP contribution in [0.1, 0.15) is 28.3 Å². The minimum Gasteiger partial charge on any atom is -0.508 e. The molecule has 0 bridgehead atoms. The van der Waals surface area contributed by atoms with Crippen molar-refractivity contribution < 1.29 is 5.11 Å². The number of H-pyrrole nitrogens is 1. The third kappa shape index (κ3) is 3.42. The predicted octanol–water partition coefficient (Wildman–Crippen LogP) is 6.67. The molecule has 0 radical (unpaired) electrons. The Morgan fingerprint density at radius 3 is 2.09 bits per heavy atom. The lowest BCUT2D eigenvalue weighted by Gasteiger charge is -2.22. The largest absolute Gasteiger partial charge is 0.508 e. The highest BCUT2D eigenvalue weighted by atomic mass is 16.3. The topological polar surface area (TPSA) is 58.0 Å². The second kappa shape index (κ2) is 8.33. The quantitative estimate of drug-likeness (QED) is 0.311. The van der Waals surface area contributed by atoms with E-state index >= 15 is 0 Å². The molecule has 6 aromatic rings. The SMILES string of the molecule is Cc1[nH]n(-c2ccccc2)c(=O)c1C(c1cccc2ccccc12)c1c(O)ccc2ccccc12. The van der Waals surface area contributed by atoms with Gasteiger partial charge in [0.1, 0.15) is 5.75 Å². The zero-order valence-electron chi connectivity index (χ0n) is 19.3. The first-order chi connectivity index (χ1) is 17.1. The number of aryl methyl sites for hydroxylation is 1. The number of nitrogens with zero attached hydrogens (tertiary/aromatic N) is 1. The zero-order valence-corrected chi connectivity index (χ0v) is 19.3. The van der Waals surface area contributed by atoms with Crippen LogP contribution in [0.25, 0.3) is 27.2 Å². The molecule has 0 spiro atoms. The fraction of sp³-hybridized carbons (Fsp3) is 0.0645. The summed E-state index contributed by atoms with van der Waals surface area (Å²) < 4.78 is 1.59. The molecule has 1 unspecified atom stereocenters. The molecule has 0 amide bonds. The number of phenols is 1. The number of nitrogens with one attached hydrogen (secondary N) is 1. The highest BCUT2D eigenvalue weighted by Crippen LogP contribution is 2.43. The lowest BCUT2D eigenvalue weighted by atomic mass is 9.80. The summed E-state index contributed by atoms with van der Waals surface area (Å²) in [7, 11) is 0. The van der Waals surface area contributed by atoms with E-state index in [1.165, 1.54) is 0 Å². The van der Waals surface area contributed by atoms with Crippen LogP contribution < -0.4 is 5.56 Å². The Morgan fingerprint density at radius 2 is 1.31 bits per heavy atom. The van der Waals surface area contributed by atoms with E-state index in [0.29, 0.717) is 5.56 Å². The minimum absolute atomic E-state index is 0.126. The highest BCUT2D eigenvalue weighted by molar-refractivity contribution is 5.92. The summed E-state index contributed by atoms with van der Waals surface area (Å²) in [6.07, 6.45) is 0. The average Bonchev–Trinajstić information content (AvgIpc) is 3.19. The molecule has 0 aliphatic rings. The molecule has 1 heterocycles. The molecular formula is C31H24N2O2. The van der Waals surface area contributed by atoms with Crippen LogP contribution in [0.5, 0.6) is 5.75 Å². The molecule has 4 nitrogen and oxygen atoms in total. The second-order valence-corrected chi connectivity index (χ2v) is 8.85. The molecule has 4 heteroatoms. The number of aromatic hydroxyl groups is 1. The van der Waals surface area contributed by atoms with Crippen molar-refractivity contribution in [2.75, 3.05) is 0 Å². The fourth-order valence-corrected chi connectivity index (χ4v) is 5.20. The number of aromatic nitrogens is 2. The summed E-state index contributed by atoms with van der Waals surface area (Å²) in [5, 5.41) is 18.6. The number of aromatic amines is 1. The molecule has 0 saturated carbocycles. The van der Waals surface area contributed by atoms with E-state index in [2.05, 4.69) is 29.4 Å². The Hall–Kier alpha value is -4.57. The minimum atomic E-state index is -0.471. The van der Waals surface area contributed by atoms with Crippen LogP contribution >= 0.6 is 0 Å². The molecule has 2 N–H and O–H groups in total. The van der Waals surface area contributed by atoms with E-state index < -0.39 is 5.92 Å². The second-order valence-electron chi connectivity index (χ2n) is 8.85. The standard InChI is InChI=1S/C31H24N2O2/c1-20-28(31(35)33(32-20)23-13-3-2-4-14-23)30(26-17-9-12-21-10-5-7-15-24(21)26)29-25-16-8-6-11-22(25)18-19-27(29)34/h2-19,30,32,34H,1H3. The van der Waals surface area contributed by atoms with Crippen LogP contribution in [0, 0.1) is 6.92 Å². The molecule has 1 atom stereocenters. The van der Waals surface area contributed by atoms with Gasteiger partial charge >= 0.3 is 0 Å². The number of rotatable bonds is 4. The Morgan fingerprint density at radius 1 is 0.686 bits per heavy atom. The van der Waals surface area contributed by atoms with Gasteiger partial charge in [-0.25, -0.2) is 4.68 Å². The Kier molecular flexibility index (Phi) is 5.00. The van der Waals surface area contributed by atoms with Gasteiger partial charge in [0.15, 0.2) is 0 Å². The molecule has 0 saturated heterocycles. The number of hydrogen-bond donors (Lipinski definition) is 2. The van der Waals surface area contributed by atoms with E-state index in [4.69, 9.17) is 0 Å². The van der Waals surface area contributed by atoms with Crippen molar-refractivity contribution in [2.45, 2.75) is 12.8 Å². The van der Waals surface area contributed by atoms with Gasteiger partial charge in [0.25, 0.3) is 5.56 Å². The summed E-state index contributed by atoms with van der Waals surface area (Å²) in [6.45, 7) is 1.93. The summed E-state index contributed by atoms with van der Waals surface area (Å²) in [4.78, 5) is 14.0. The van der Waals surface area contributed by atoms with Gasteiger partial charge in [0, 0.05) is 17.2 Å². The van der Waals surface area contributed by atoms with Crippen molar-refractivity contribution in [3.8, 4) is 11.4 Å². The van der Waals surface area contributed by atoms with Gasteiger partial charge in [-0.15, -0.1) is 0 Å². The normalized spacial score (nSPS) is 12.3. The van der Waals surface area contributed by atoms with Crippen LogP contribution in [-0.2, 0) is 0 Å². The smallest absolute Gasteiger partial charge is 0.275 e. The van der Waals surface area contributed by atoms with E-state index in [1.807, 2.05) is 85.8 Å². The third-order valence-corrected chi connectivity index (χ3v) is 6.79. The molecule has 170 valence electrons. The molecule has 0 aliphatic carbocycles. The van der Waals surface area contributed by atoms with Gasteiger partial charge in [-0.3, -0.25) is 9.89 Å². The molecular weight excluding hydrogens is 432 g/mol. The number of phenolic OH excluding ortho intramolecular Hbond substituents is 1. The molecule has 6 rings (SSSR count). The van der Waals surface area contributed by atoms with E-state index in [1.54, 1.807) is 10.7 Å². The fourth-order valence-electron chi connectivity index (χ4n) is 5.20. The van der Waals surface area contributed by atoms with Gasteiger partial charge < -0.3 is 5.11 Å². The van der Waals surface area contributed by atoms with E-state index in [0.717, 1.165) is 44.1 Å². The van der Waals surface area contributed by atoms with Crippen LogP contribution in [0.3, 0.4) is 0 Å². The Labute approximate surface area is 202 Å². The van der Waals surface area contributed by atoms with Crippen LogP contribution in [0.2, 0.25) is 0 Å². The van der Waals surface area contributed by atoms with E-state index in [-0.39, 0.29) is 11.3 Å². The molecule has 0 aliphatic heterocycles. The van der Waals surface area contributed by atoms with Gasteiger partial charge in [-0.1, -0.05) is 91.0 Å². The van der Waals surface area contributed by atoms with Crippen LogP contribution in [0.15, 0.2) is 114 Å². The third-order valence-electron chi connectivity index (χ3n) is 6.79. The van der Waals surface area contributed by atoms with Crippen molar-refractivity contribution in [2.24, 2.45) is 0 Å². The zero-order chi connectivity index (χ0) is 23.9. The maximum Gasteiger partial charge on any atom is 0.275 e. The number of fused-ring (bicyclic) bond motifs is 2. The molecule has 35 heavy (non-hydrogen) atoms. The average molecular weight is 457 g/mol. The van der Waals surface area contributed by atoms with Crippen molar-refractivity contribution in [1.29, 1.82) is 0 Å². The van der Waals surface area contributed by atoms with Crippen LogP contribution in [0.4, 0.5) is 0 Å². The summed E-state index contributed by atoms with van der Waals surface area (Å²) in [5.41, 5.74) is 3.75. The Balaban J connectivity index is 1.73. The number of para-hydroxylation sites is 1. The van der Waals surface area contributed by atoms with Crippen molar-refractivity contribution in [1.82, 2.24) is 9.78 Å². The lowest BCUT2D eigenvalue weighted by molar-refractivity contribution is 0.468. The number of hydrogen-bond acceptors (Lipinski definition) is 2. The van der Waals surface area contributed by atoms with Crippen molar-refractivity contribution in [3.05, 3.63) is 142 Å². The Bertz CT molecular complexity index is 1740. The van der Waals surface area contributed by atoms with Crippen molar-refractivity contribution >= 4 is 21.5 Å². The van der Waals surface area contributed by atoms with Gasteiger partial charge in [0.2, 0.25) is 0 Å². The summed E-state index contributed by atoms with van der Waals surface area (Å²) in [6, 6.07) is 35.6. The maximum absolute atomic E-state index is 14.0. The van der Waals surface area contributed by atoms with Gasteiger partial charge in [0.05, 0.1) is 11.3 Å². The molecule has 1 aromatic heterocycles. The lowest BCUT2D eigenvalue weighted by Crippen LogP contribution is -2.21. The summed E-state index contributed by atoms with van der Waals surface area (Å²) >= 11 is 0. The number of benzene rings is 5. The molecule has 5 aromatic carbocycles. The monoisotopic (exact) mass is 456 g/mol. The first-order valence-electron chi connectivity index (χ1n) is 11.7. The van der Waals surface area contributed by atoms with Gasteiger partial charge in [-0.05, 0) is 52.2 Å². The predicted molar refractivity (Wildman–Crippen MR) is 142 cm³/mol. The first kappa shape index (κ1) is 21.0. The van der Waals surface area contributed by atoms with Crippen LogP contribution in [-0.4, -0.2) is 14.9 Å². The maximum atomic E-state index is 14.0. The first-order valence-corrected chi connectivity index (χ1v) is 11.7.